The summed E-state index contributed by atoms with van der Waals surface area (Å²) in [6, 6.07) is 22.0. The Morgan fingerprint density at radius 1 is 0.686 bits per heavy atom. The number of nitrogens with zero attached hydrogens (tertiary/aromatic N) is 1. The van der Waals surface area contributed by atoms with Crippen LogP contribution in [0.2, 0.25) is 0 Å². The summed E-state index contributed by atoms with van der Waals surface area (Å²) in [5.74, 6) is -2.60. The molecule has 9 nitrogen and oxygen atoms in total. The summed E-state index contributed by atoms with van der Waals surface area (Å²) < 4.78 is 24.7. The first kappa shape index (κ1) is 36.3. The van der Waals surface area contributed by atoms with Gasteiger partial charge in [-0.3, -0.25) is 24.0 Å². The minimum Gasteiger partial charge on any atom is -0.426 e. The van der Waals surface area contributed by atoms with E-state index in [0.29, 0.717) is 42.5 Å². The Hall–Kier alpha value is -6.03. The van der Waals surface area contributed by atoms with E-state index in [0.717, 1.165) is 0 Å². The highest BCUT2D eigenvalue weighted by Gasteiger charge is 2.30. The first-order valence-electron chi connectivity index (χ1n) is 16.4. The van der Waals surface area contributed by atoms with Crippen LogP contribution in [0.25, 0.3) is 6.08 Å². The van der Waals surface area contributed by atoms with Crippen molar-refractivity contribution in [2.75, 3.05) is 11.9 Å². The zero-order valence-electron chi connectivity index (χ0n) is 28.4. The lowest BCUT2D eigenvalue weighted by Gasteiger charge is -2.25. The molecule has 4 aromatic rings. The molecule has 1 amide bonds. The Bertz CT molecular complexity index is 1990. The molecule has 10 heteroatoms. The first-order valence-corrected chi connectivity index (χ1v) is 16.4. The number of rotatable bonds is 11. The Morgan fingerprint density at radius 2 is 1.25 bits per heavy atom. The van der Waals surface area contributed by atoms with E-state index >= 15 is 0 Å². The summed E-state index contributed by atoms with van der Waals surface area (Å²) in [6.45, 7) is 3.02. The van der Waals surface area contributed by atoms with Gasteiger partial charge in [-0.25, -0.2) is 9.18 Å². The van der Waals surface area contributed by atoms with Crippen LogP contribution in [0.1, 0.15) is 86.5 Å². The van der Waals surface area contributed by atoms with Crippen molar-refractivity contribution in [1.82, 2.24) is 0 Å². The smallest absolute Gasteiger partial charge is 0.343 e. The number of amides is 1. The molecule has 0 saturated heterocycles. The highest BCUT2D eigenvalue weighted by molar-refractivity contribution is 6.07. The van der Waals surface area contributed by atoms with Gasteiger partial charge in [0, 0.05) is 40.9 Å². The third-order valence-corrected chi connectivity index (χ3v) is 8.91. The standard InChI is InChI=1S/C41H36FNO8/c1-25(44)27-4-8-32(9-5-27)41(49)51-38-23-21-36(24-33(38)16-22-37(46)29-12-17-34(42)18-13-29)50-40(48)31-10-6-30(7-11-31)39(47)43(3)35-19-14-28(15-20-35)26(2)45/h6-7,10-24,27,32H,4-5,8-9H2,1-3H3/b22-16+. The molecule has 4 aromatic carbocycles. The normalized spacial score (nSPS) is 15.5. The van der Waals surface area contributed by atoms with E-state index in [4.69, 9.17) is 9.47 Å². The van der Waals surface area contributed by atoms with Crippen molar-refractivity contribution in [3.8, 4) is 11.5 Å². The van der Waals surface area contributed by atoms with E-state index in [1.807, 2.05) is 0 Å². The Kier molecular flexibility index (Phi) is 11.5. The second-order valence-corrected chi connectivity index (χ2v) is 12.4. The molecule has 5 rings (SSSR count). The predicted octanol–water partition coefficient (Wildman–Crippen LogP) is 7.72. The molecule has 0 unspecified atom stereocenters. The van der Waals surface area contributed by atoms with Crippen LogP contribution >= 0.6 is 0 Å². The highest BCUT2D eigenvalue weighted by atomic mass is 19.1. The lowest BCUT2D eigenvalue weighted by atomic mass is 9.80. The molecule has 0 aromatic heterocycles. The van der Waals surface area contributed by atoms with Crippen LogP contribution < -0.4 is 14.4 Å². The van der Waals surface area contributed by atoms with Gasteiger partial charge in [-0.1, -0.05) is 0 Å². The van der Waals surface area contributed by atoms with Gasteiger partial charge >= 0.3 is 11.9 Å². The van der Waals surface area contributed by atoms with E-state index in [-0.39, 0.29) is 51.6 Å². The molecule has 0 aliphatic heterocycles. The molecule has 1 saturated carbocycles. The van der Waals surface area contributed by atoms with E-state index < -0.39 is 29.5 Å². The average Bonchev–Trinajstić information content (AvgIpc) is 3.14. The third kappa shape index (κ3) is 9.16. The molecule has 0 heterocycles. The number of ketones is 3. The van der Waals surface area contributed by atoms with Gasteiger partial charge in [0.15, 0.2) is 11.6 Å². The van der Waals surface area contributed by atoms with Gasteiger partial charge in [-0.2, -0.15) is 0 Å². The zero-order valence-corrected chi connectivity index (χ0v) is 28.4. The molecule has 0 spiro atoms. The van der Waals surface area contributed by atoms with Crippen molar-refractivity contribution in [3.63, 3.8) is 0 Å². The van der Waals surface area contributed by atoms with E-state index in [1.54, 1.807) is 38.2 Å². The quantitative estimate of drug-likeness (QED) is 0.0679. The van der Waals surface area contributed by atoms with Gasteiger partial charge < -0.3 is 14.4 Å². The fraction of sp³-hybridized carbons (Fsp3) is 0.220. The van der Waals surface area contributed by atoms with Crippen LogP contribution in [-0.2, 0) is 9.59 Å². The van der Waals surface area contributed by atoms with E-state index in [2.05, 4.69) is 0 Å². The summed E-state index contributed by atoms with van der Waals surface area (Å²) >= 11 is 0. The van der Waals surface area contributed by atoms with Crippen LogP contribution in [0.4, 0.5) is 10.1 Å². The van der Waals surface area contributed by atoms with Crippen LogP contribution in [0.3, 0.4) is 0 Å². The summed E-state index contributed by atoms with van der Waals surface area (Å²) in [4.78, 5) is 76.9. The van der Waals surface area contributed by atoms with Gasteiger partial charge in [-0.15, -0.1) is 0 Å². The monoisotopic (exact) mass is 689 g/mol. The van der Waals surface area contributed by atoms with Crippen molar-refractivity contribution in [3.05, 3.63) is 131 Å². The Labute approximate surface area is 294 Å². The van der Waals surface area contributed by atoms with Gasteiger partial charge in [-0.05, 0) is 143 Å². The number of carbonyl (C=O) groups is 6. The molecule has 51 heavy (non-hydrogen) atoms. The zero-order chi connectivity index (χ0) is 36.7. The maximum Gasteiger partial charge on any atom is 0.343 e. The molecular formula is C41H36FNO8. The average molecular weight is 690 g/mol. The number of Topliss-reactive ketones (excluding diaryl/α,β-unsaturated/α-hetero) is 2. The fourth-order valence-corrected chi connectivity index (χ4v) is 5.76. The van der Waals surface area contributed by atoms with Gasteiger partial charge in [0.1, 0.15) is 23.1 Å². The molecule has 260 valence electrons. The van der Waals surface area contributed by atoms with Crippen LogP contribution in [0.15, 0.2) is 97.1 Å². The van der Waals surface area contributed by atoms with Crippen molar-refractivity contribution in [2.45, 2.75) is 39.5 Å². The van der Waals surface area contributed by atoms with E-state index in [9.17, 15) is 33.2 Å². The number of allylic oxidation sites excluding steroid dienone is 1. The van der Waals surface area contributed by atoms with Crippen LogP contribution in [0, 0.1) is 17.7 Å². The minimum absolute atomic E-state index is 0.0607. The van der Waals surface area contributed by atoms with Crippen LogP contribution in [-0.4, -0.2) is 42.2 Å². The fourth-order valence-electron chi connectivity index (χ4n) is 5.76. The van der Waals surface area contributed by atoms with Crippen molar-refractivity contribution in [1.29, 1.82) is 0 Å². The molecule has 0 N–H and O–H groups in total. The summed E-state index contributed by atoms with van der Waals surface area (Å²) in [7, 11) is 1.60. The largest absolute Gasteiger partial charge is 0.426 e. The number of benzene rings is 4. The SMILES string of the molecule is CC(=O)c1ccc(N(C)C(=O)c2ccc(C(=O)Oc3ccc(OC(=O)C4CCC(C(C)=O)CC4)c(/C=C/C(=O)c4ccc(F)cc4)c3)cc2)cc1. The molecule has 0 bridgehead atoms. The highest BCUT2D eigenvalue weighted by Crippen LogP contribution is 2.33. The summed E-state index contributed by atoms with van der Waals surface area (Å²) in [5.41, 5.74) is 2.14. The number of ether oxygens (including phenoxy) is 2. The molecular weight excluding hydrogens is 653 g/mol. The Morgan fingerprint density at radius 3 is 1.86 bits per heavy atom. The maximum absolute atomic E-state index is 13.4. The van der Waals surface area contributed by atoms with E-state index in [1.165, 1.54) is 90.7 Å². The molecule has 1 fully saturated rings. The molecule has 1 aliphatic rings. The molecule has 0 atom stereocenters. The number of hydrogen-bond acceptors (Lipinski definition) is 8. The number of halogens is 1. The molecule has 0 radical (unpaired) electrons. The van der Waals surface area contributed by atoms with Gasteiger partial charge in [0.2, 0.25) is 0 Å². The number of esters is 2. The minimum atomic E-state index is -0.716. The topological polar surface area (TPSA) is 124 Å². The summed E-state index contributed by atoms with van der Waals surface area (Å²) in [5, 5.41) is 0. The lowest BCUT2D eigenvalue weighted by Crippen LogP contribution is -2.28. The number of carbonyl (C=O) groups excluding carboxylic acids is 6. The summed E-state index contributed by atoms with van der Waals surface area (Å²) in [6.07, 6.45) is 4.90. The molecule has 1 aliphatic carbocycles. The second kappa shape index (κ2) is 16.1. The van der Waals surface area contributed by atoms with Gasteiger partial charge in [0.25, 0.3) is 5.91 Å². The number of anilines is 1. The maximum atomic E-state index is 13.4. The predicted molar refractivity (Wildman–Crippen MR) is 189 cm³/mol. The van der Waals surface area contributed by atoms with Crippen molar-refractivity contribution < 1.29 is 42.6 Å². The van der Waals surface area contributed by atoms with Gasteiger partial charge in [0.05, 0.1) is 11.5 Å². The first-order chi connectivity index (χ1) is 24.4. The Balaban J connectivity index is 1.31. The lowest BCUT2D eigenvalue weighted by molar-refractivity contribution is -0.141. The second-order valence-electron chi connectivity index (χ2n) is 12.4. The number of hydrogen-bond donors (Lipinski definition) is 0. The van der Waals surface area contributed by atoms with Crippen molar-refractivity contribution >= 4 is 47.0 Å². The van der Waals surface area contributed by atoms with Crippen molar-refractivity contribution in [2.24, 2.45) is 11.8 Å². The van der Waals surface area contributed by atoms with Crippen LogP contribution in [0.5, 0.6) is 11.5 Å². The third-order valence-electron chi connectivity index (χ3n) is 8.91.